The van der Waals surface area contributed by atoms with Crippen LogP contribution in [0.15, 0.2) is 173 Å². The fourth-order valence-corrected chi connectivity index (χ4v) is 7.16. The second kappa shape index (κ2) is 12.9. The van der Waals surface area contributed by atoms with Crippen LogP contribution >= 0.6 is 0 Å². The quantitative estimate of drug-likeness (QED) is 0.169. The smallest absolute Gasteiger partial charge is 0.164 e. The van der Waals surface area contributed by atoms with E-state index in [2.05, 4.69) is 77.3 Å². The summed E-state index contributed by atoms with van der Waals surface area (Å²) in [5.74, 6) is 1.64. The maximum Gasteiger partial charge on any atom is 0.164 e. The second-order valence-electron chi connectivity index (χ2n) is 13.2. The fourth-order valence-electron chi connectivity index (χ4n) is 7.16. The topological polar surface area (TPSA) is 100 Å². The van der Waals surface area contributed by atoms with Crippen LogP contribution in [0.25, 0.3) is 84.1 Å². The lowest BCUT2D eigenvalue weighted by Crippen LogP contribution is -2.18. The zero-order valence-corrected chi connectivity index (χ0v) is 28.9. The Bertz CT molecular complexity index is 2970. The lowest BCUT2D eigenvalue weighted by Gasteiger charge is -2.17. The minimum Gasteiger partial charge on any atom is -0.456 e. The van der Waals surface area contributed by atoms with Crippen LogP contribution in [-0.4, -0.2) is 26.4 Å². The number of para-hydroxylation sites is 2. The monoisotopic (exact) mass is 694 g/mol. The third-order valence-corrected chi connectivity index (χ3v) is 9.85. The summed E-state index contributed by atoms with van der Waals surface area (Å²) < 4.78 is 6.25. The summed E-state index contributed by atoms with van der Waals surface area (Å²) in [6.07, 6.45) is 3.89. The largest absolute Gasteiger partial charge is 0.456 e. The number of nitrogens with zero attached hydrogens (tertiary/aromatic N) is 4. The molecule has 0 amide bonds. The van der Waals surface area contributed by atoms with Gasteiger partial charge in [0.25, 0.3) is 0 Å². The van der Waals surface area contributed by atoms with Gasteiger partial charge in [-0.15, -0.1) is 0 Å². The molecule has 0 radical (unpaired) electrons. The number of fused-ring (bicyclic) bond motifs is 6. The van der Waals surface area contributed by atoms with Gasteiger partial charge in [0, 0.05) is 33.0 Å². The van der Waals surface area contributed by atoms with Crippen molar-refractivity contribution >= 4 is 55.9 Å². The number of nitrogens with one attached hydrogen (secondary N) is 2. The van der Waals surface area contributed by atoms with Crippen LogP contribution in [0.2, 0.25) is 0 Å². The summed E-state index contributed by atoms with van der Waals surface area (Å²) in [5.41, 5.74) is 13.0. The highest BCUT2D eigenvalue weighted by Crippen LogP contribution is 2.37. The van der Waals surface area contributed by atoms with E-state index in [4.69, 9.17) is 19.4 Å². The molecular formula is C47H30N6O. The fraction of sp³-hybridized carbons (Fsp3) is 0. The molecule has 2 aromatic heterocycles. The molecule has 2 heterocycles. The summed E-state index contributed by atoms with van der Waals surface area (Å²) in [7, 11) is 0. The third kappa shape index (κ3) is 5.52. The number of furan rings is 1. The van der Waals surface area contributed by atoms with Crippen molar-refractivity contribution in [1.82, 2.24) is 15.0 Å². The Morgan fingerprint density at radius 1 is 0.519 bits per heavy atom. The molecule has 7 aromatic carbocycles. The van der Waals surface area contributed by atoms with Gasteiger partial charge < -0.3 is 4.42 Å². The van der Waals surface area contributed by atoms with Gasteiger partial charge in [0.05, 0.1) is 11.4 Å². The average Bonchev–Trinajstić information content (AvgIpc) is 3.63. The van der Waals surface area contributed by atoms with E-state index < -0.39 is 0 Å². The summed E-state index contributed by atoms with van der Waals surface area (Å²) in [5, 5.41) is 17.8. The molecule has 0 saturated heterocycles. The summed E-state index contributed by atoms with van der Waals surface area (Å²) in [4.78, 5) is 15.4. The number of allylic oxidation sites excluding steroid dienone is 1. The molecule has 0 spiro atoms. The highest BCUT2D eigenvalue weighted by Gasteiger charge is 2.21. The van der Waals surface area contributed by atoms with Gasteiger partial charge in [-0.1, -0.05) is 133 Å². The maximum atomic E-state index is 9.28. The molecule has 0 saturated carbocycles. The van der Waals surface area contributed by atoms with E-state index in [0.717, 1.165) is 77.3 Å². The molecule has 1 aliphatic rings. The second-order valence-corrected chi connectivity index (χ2v) is 13.2. The van der Waals surface area contributed by atoms with Gasteiger partial charge in [0.2, 0.25) is 0 Å². The van der Waals surface area contributed by atoms with E-state index in [1.807, 2.05) is 103 Å². The van der Waals surface area contributed by atoms with Gasteiger partial charge in [0.1, 0.15) is 16.9 Å². The van der Waals surface area contributed by atoms with Crippen LogP contribution < -0.4 is 5.43 Å². The Morgan fingerprint density at radius 2 is 1.17 bits per heavy atom. The lowest BCUT2D eigenvalue weighted by atomic mass is 9.88. The number of benzene rings is 7. The number of rotatable bonds is 6. The van der Waals surface area contributed by atoms with Gasteiger partial charge in [-0.25, -0.2) is 15.0 Å². The highest BCUT2D eigenvalue weighted by molar-refractivity contribution is 6.55. The maximum absolute atomic E-state index is 9.28. The molecule has 7 heteroatoms. The van der Waals surface area contributed by atoms with Crippen molar-refractivity contribution in [3.63, 3.8) is 0 Å². The van der Waals surface area contributed by atoms with Gasteiger partial charge in [-0.2, -0.15) is 5.10 Å². The minimum atomic E-state index is 0.340. The normalized spacial score (nSPS) is 13.2. The third-order valence-electron chi connectivity index (χ3n) is 9.85. The van der Waals surface area contributed by atoms with Gasteiger partial charge in [0.15, 0.2) is 17.5 Å². The minimum absolute atomic E-state index is 0.340. The number of anilines is 1. The van der Waals surface area contributed by atoms with Crippen molar-refractivity contribution in [2.75, 3.05) is 5.43 Å². The average molecular weight is 695 g/mol. The molecule has 0 atom stereocenters. The SMILES string of the molecule is N=C1/C(=N\Nc2ccccc2)C=Cc2ccc3ccc(-c4nc(-c5ccc(-c6ccccc6)cc5)nc(-c5cccc6oc7ccccc7c56)n4)cc3c21. The molecule has 0 bridgehead atoms. The molecule has 254 valence electrons. The van der Waals surface area contributed by atoms with Crippen LogP contribution in [0.1, 0.15) is 11.1 Å². The summed E-state index contributed by atoms with van der Waals surface area (Å²) in [6.45, 7) is 0. The molecule has 0 fully saturated rings. The first-order valence-electron chi connectivity index (χ1n) is 17.7. The van der Waals surface area contributed by atoms with Gasteiger partial charge >= 0.3 is 0 Å². The van der Waals surface area contributed by atoms with Gasteiger partial charge in [-0.3, -0.25) is 10.8 Å². The number of hydrazone groups is 1. The van der Waals surface area contributed by atoms with Crippen LogP contribution in [-0.2, 0) is 0 Å². The predicted octanol–water partition coefficient (Wildman–Crippen LogP) is 11.5. The van der Waals surface area contributed by atoms with Crippen LogP contribution in [0, 0.1) is 5.41 Å². The molecule has 10 rings (SSSR count). The molecular weight excluding hydrogens is 665 g/mol. The molecule has 54 heavy (non-hydrogen) atoms. The lowest BCUT2D eigenvalue weighted by molar-refractivity contribution is 0.669. The Kier molecular flexibility index (Phi) is 7.47. The molecule has 0 aliphatic heterocycles. The first kappa shape index (κ1) is 31.2. The molecule has 1 aliphatic carbocycles. The Labute approximate surface area is 310 Å². The molecule has 9 aromatic rings. The summed E-state index contributed by atoms with van der Waals surface area (Å²) >= 11 is 0. The van der Waals surface area contributed by atoms with E-state index in [9.17, 15) is 5.41 Å². The van der Waals surface area contributed by atoms with E-state index >= 15 is 0 Å². The van der Waals surface area contributed by atoms with Crippen LogP contribution in [0.3, 0.4) is 0 Å². The number of hydrogen-bond acceptors (Lipinski definition) is 7. The van der Waals surface area contributed by atoms with Crippen molar-refractivity contribution in [1.29, 1.82) is 5.41 Å². The molecule has 7 nitrogen and oxygen atoms in total. The Hall–Kier alpha value is -7.51. The summed E-state index contributed by atoms with van der Waals surface area (Å²) in [6, 6.07) is 52.8. The highest BCUT2D eigenvalue weighted by atomic mass is 16.3. The van der Waals surface area contributed by atoms with E-state index in [1.54, 1.807) is 0 Å². The van der Waals surface area contributed by atoms with Crippen LogP contribution in [0.4, 0.5) is 5.69 Å². The zero-order chi connectivity index (χ0) is 36.0. The standard InChI is InChI=1S/C47H30N6O/c48-44-39(53-52-35-12-5-2-6-13-35)27-26-32-22-20-31-21-25-34(28-38(31)42(32)44)46-49-45(33-23-18-30(19-24-33)29-10-3-1-4-11-29)50-47(51-46)37-15-9-17-41-43(37)36-14-7-8-16-40(36)54-41/h1-28,48,52H/b48-44?,53-39-. The first-order chi connectivity index (χ1) is 26.7. The van der Waals surface area contributed by atoms with Crippen molar-refractivity contribution in [2.45, 2.75) is 0 Å². The van der Waals surface area contributed by atoms with E-state index in [1.165, 1.54) is 0 Å². The van der Waals surface area contributed by atoms with Crippen molar-refractivity contribution < 1.29 is 4.42 Å². The van der Waals surface area contributed by atoms with Crippen molar-refractivity contribution in [3.8, 4) is 45.3 Å². The first-order valence-corrected chi connectivity index (χ1v) is 17.7. The Morgan fingerprint density at radius 3 is 2.00 bits per heavy atom. The molecule has 0 unspecified atom stereocenters. The number of hydrogen-bond donors (Lipinski definition) is 2. The van der Waals surface area contributed by atoms with E-state index in [0.29, 0.717) is 28.9 Å². The number of aromatic nitrogens is 3. The zero-order valence-electron chi connectivity index (χ0n) is 28.9. The predicted molar refractivity (Wildman–Crippen MR) is 220 cm³/mol. The van der Waals surface area contributed by atoms with E-state index in [-0.39, 0.29) is 0 Å². The van der Waals surface area contributed by atoms with Crippen LogP contribution in [0.5, 0.6) is 0 Å². The Balaban J connectivity index is 1.13. The van der Waals surface area contributed by atoms with Gasteiger partial charge in [-0.05, 0) is 63.9 Å². The van der Waals surface area contributed by atoms with Crippen molar-refractivity contribution in [2.24, 2.45) is 5.10 Å². The van der Waals surface area contributed by atoms with Crippen molar-refractivity contribution in [3.05, 3.63) is 175 Å². The molecule has 2 N–H and O–H groups in total.